The third kappa shape index (κ3) is 10.8. The first-order chi connectivity index (χ1) is 7.83. The van der Waals surface area contributed by atoms with Crippen LogP contribution >= 0.6 is 15.9 Å². The van der Waals surface area contributed by atoms with Crippen LogP contribution < -0.4 is 0 Å². The predicted molar refractivity (Wildman–Crippen MR) is 86.1 cm³/mol. The molecule has 0 heterocycles. The van der Waals surface area contributed by atoms with Gasteiger partial charge in [-0.25, -0.2) is 0 Å². The lowest BCUT2D eigenvalue weighted by molar-refractivity contribution is 0.574. The van der Waals surface area contributed by atoms with Crippen LogP contribution in [-0.2, 0) is 8.23 Å². The summed E-state index contributed by atoms with van der Waals surface area (Å²) in [5, 5.41) is 1.10. The lowest BCUT2D eigenvalue weighted by Crippen LogP contribution is -2.32. The minimum Gasteiger partial charge on any atom is -0.457 e. The Morgan fingerprint density at radius 3 is 2.18 bits per heavy atom. The van der Waals surface area contributed by atoms with Crippen LogP contribution in [0.1, 0.15) is 12.8 Å². The fourth-order valence-corrected chi connectivity index (χ4v) is 7.74. The van der Waals surface area contributed by atoms with Crippen LogP contribution in [0.5, 0.6) is 0 Å². The van der Waals surface area contributed by atoms with Gasteiger partial charge in [0.05, 0.1) is 0 Å². The third-order valence-corrected chi connectivity index (χ3v) is 11.8. The van der Waals surface area contributed by atoms with E-state index >= 15 is 0 Å². The van der Waals surface area contributed by atoms with Gasteiger partial charge in [0, 0.05) is 5.33 Å². The first-order valence-corrected chi connectivity index (χ1v) is 15.0. The molecule has 99 valence electrons. The summed E-state index contributed by atoms with van der Waals surface area (Å²) in [5.41, 5.74) is 0. The largest absolute Gasteiger partial charge is 0.457 e. The molecule has 0 saturated heterocycles. The molecule has 7 heteroatoms. The van der Waals surface area contributed by atoms with Gasteiger partial charge < -0.3 is 8.23 Å². The topological polar surface area (TPSA) is 18.5 Å². The van der Waals surface area contributed by atoms with Crippen LogP contribution in [-0.4, -0.2) is 42.2 Å². The Morgan fingerprint density at radius 1 is 1.06 bits per heavy atom. The van der Waals surface area contributed by atoms with Gasteiger partial charge in [-0.15, -0.1) is 0 Å². The lowest BCUT2D eigenvalue weighted by atomic mass is 10.6. The van der Waals surface area contributed by atoms with E-state index in [1.54, 1.807) is 0 Å². The van der Waals surface area contributed by atoms with Crippen LogP contribution in [0.3, 0.4) is 0 Å². The molecule has 5 radical (unpaired) electrons. The van der Waals surface area contributed by atoms with E-state index in [2.05, 4.69) is 52.6 Å². The molecule has 17 heavy (non-hydrogen) atoms. The van der Waals surface area contributed by atoms with Crippen molar-refractivity contribution >= 4 is 52.8 Å². The second kappa shape index (κ2) is 9.22. The normalized spacial score (nSPS) is 13.1. The molecule has 0 rings (SSSR count). The molecule has 0 spiro atoms. The van der Waals surface area contributed by atoms with Crippen molar-refractivity contribution in [1.29, 1.82) is 0 Å². The van der Waals surface area contributed by atoms with Crippen molar-refractivity contribution in [2.24, 2.45) is 0 Å². The summed E-state index contributed by atoms with van der Waals surface area (Å²) in [5.74, 6) is 0. The highest BCUT2D eigenvalue weighted by Gasteiger charge is 2.22. The van der Waals surface area contributed by atoms with Crippen LogP contribution in [0.4, 0.5) is 0 Å². The zero-order valence-corrected chi connectivity index (χ0v) is 17.0. The van der Waals surface area contributed by atoms with Crippen LogP contribution in [0.25, 0.3) is 0 Å². The van der Waals surface area contributed by atoms with Crippen molar-refractivity contribution in [3.63, 3.8) is 0 Å². The minimum absolute atomic E-state index is 0.679. The fraction of sp³-hybridized carbons (Fsp3) is 1.00. The Morgan fingerprint density at radius 2 is 1.65 bits per heavy atom. The molecule has 0 fully saturated rings. The summed E-state index contributed by atoms with van der Waals surface area (Å²) in [6, 6.07) is 3.66. The second-order valence-electron chi connectivity index (χ2n) is 5.51. The van der Waals surface area contributed by atoms with Gasteiger partial charge in [-0.1, -0.05) is 22.4 Å². The van der Waals surface area contributed by atoms with E-state index in [1.807, 2.05) is 0 Å². The predicted octanol–water partition coefficient (Wildman–Crippen LogP) is 3.73. The van der Waals surface area contributed by atoms with Gasteiger partial charge >= 0.3 is 0 Å². The summed E-state index contributed by atoms with van der Waals surface area (Å²) < 4.78 is 11.4. The molecule has 0 bridgehead atoms. The van der Waals surface area contributed by atoms with Crippen molar-refractivity contribution in [2.45, 2.75) is 57.2 Å². The van der Waals surface area contributed by atoms with Gasteiger partial charge in [0.25, 0.3) is 0 Å². The van der Waals surface area contributed by atoms with Gasteiger partial charge in [-0.3, -0.25) is 0 Å². The Kier molecular flexibility index (Phi) is 9.90. The molecule has 0 aliphatic rings. The third-order valence-electron chi connectivity index (χ3n) is 2.59. The van der Waals surface area contributed by atoms with Gasteiger partial charge in [0.15, 0.2) is 16.6 Å². The van der Waals surface area contributed by atoms with E-state index in [4.69, 9.17) is 8.23 Å². The summed E-state index contributed by atoms with van der Waals surface area (Å²) in [6.07, 6.45) is 2.46. The van der Waals surface area contributed by atoms with E-state index in [1.165, 1.54) is 31.0 Å². The summed E-state index contributed by atoms with van der Waals surface area (Å²) in [6.45, 7) is 9.11. The monoisotopic (exact) mass is 367 g/mol. The van der Waals surface area contributed by atoms with Crippen LogP contribution in [0.15, 0.2) is 0 Å². The van der Waals surface area contributed by atoms with Crippen molar-refractivity contribution < 1.29 is 8.23 Å². The molecule has 0 N–H and O–H groups in total. The van der Waals surface area contributed by atoms with Crippen molar-refractivity contribution in [2.75, 3.05) is 5.33 Å². The average molecular weight is 369 g/mol. The SMILES string of the molecule is C[Si](C)(CCC[Si]O[Si](C)(C)CCCBr)O[Si]. The van der Waals surface area contributed by atoms with E-state index in [0.29, 0.717) is 9.76 Å². The fourth-order valence-electron chi connectivity index (χ4n) is 1.43. The van der Waals surface area contributed by atoms with Gasteiger partial charge in [-0.2, -0.15) is 0 Å². The first-order valence-electron chi connectivity index (χ1n) is 6.14. The van der Waals surface area contributed by atoms with E-state index < -0.39 is 16.6 Å². The quantitative estimate of drug-likeness (QED) is 0.332. The minimum atomic E-state index is -1.43. The van der Waals surface area contributed by atoms with Crippen molar-refractivity contribution in [1.82, 2.24) is 0 Å². The number of rotatable bonds is 10. The molecule has 2 nitrogen and oxygen atoms in total. The molecule has 0 aromatic rings. The highest BCUT2D eigenvalue weighted by atomic mass is 79.9. The maximum absolute atomic E-state index is 6.09. The molecule has 0 aliphatic heterocycles. The standard InChI is InChI=1S/C10H24BrO2Si4/c1-16(2,12-14)10-6-8-15-13-17(3,4)9-5-7-11/h5-10H2,1-4H3. The van der Waals surface area contributed by atoms with Gasteiger partial charge in [0.1, 0.15) is 0 Å². The van der Waals surface area contributed by atoms with E-state index in [9.17, 15) is 0 Å². The van der Waals surface area contributed by atoms with Gasteiger partial charge in [0.2, 0.25) is 20.2 Å². The smallest absolute Gasteiger partial charge is 0.230 e. The van der Waals surface area contributed by atoms with Crippen molar-refractivity contribution in [3.05, 3.63) is 0 Å². The van der Waals surface area contributed by atoms with Crippen molar-refractivity contribution in [3.8, 4) is 0 Å². The number of hydrogen-bond acceptors (Lipinski definition) is 2. The maximum Gasteiger partial charge on any atom is 0.230 e. The molecular weight excluding hydrogens is 344 g/mol. The molecular formula is C10H24BrO2Si4. The Balaban J connectivity index is 3.57. The Hall–Kier alpha value is 1.27. The summed E-state index contributed by atoms with van der Waals surface area (Å²) in [7, 11) is 1.06. The molecule has 0 amide bonds. The molecule has 0 aromatic heterocycles. The molecule has 0 atom stereocenters. The summed E-state index contributed by atoms with van der Waals surface area (Å²) in [4.78, 5) is 0. The number of halogens is 1. The average Bonchev–Trinajstić information content (AvgIpc) is 2.26. The highest BCUT2D eigenvalue weighted by molar-refractivity contribution is 9.09. The number of hydrogen-bond donors (Lipinski definition) is 0. The zero-order chi connectivity index (χ0) is 13.4. The Bertz CT molecular complexity index is 203. The first kappa shape index (κ1) is 18.3. The lowest BCUT2D eigenvalue weighted by Gasteiger charge is -2.23. The second-order valence-corrected chi connectivity index (χ2v) is 16.8. The molecule has 0 aliphatic carbocycles. The Labute approximate surface area is 123 Å². The molecule has 0 unspecified atom stereocenters. The zero-order valence-electron chi connectivity index (χ0n) is 11.4. The summed E-state index contributed by atoms with van der Waals surface area (Å²) >= 11 is 3.48. The van der Waals surface area contributed by atoms with Crippen LogP contribution in [0.2, 0.25) is 44.3 Å². The van der Waals surface area contributed by atoms with Crippen LogP contribution in [0, 0.1) is 0 Å². The maximum atomic E-state index is 6.09. The van der Waals surface area contributed by atoms with E-state index in [0.717, 1.165) is 5.33 Å². The van der Waals surface area contributed by atoms with E-state index in [-0.39, 0.29) is 0 Å². The highest BCUT2D eigenvalue weighted by Crippen LogP contribution is 2.17. The number of alkyl halides is 1. The van der Waals surface area contributed by atoms with Gasteiger partial charge in [-0.05, 0) is 50.7 Å². The molecule has 0 saturated carbocycles. The molecule has 0 aromatic carbocycles.